The molecular weight excluding hydrogens is 624 g/mol. The Morgan fingerprint density at radius 2 is 1.51 bits per heavy atom. The van der Waals surface area contributed by atoms with E-state index in [0.29, 0.717) is 37.6 Å². The molecule has 11 heteroatoms. The molecule has 0 saturated carbocycles. The Morgan fingerprint density at radius 1 is 0.756 bits per heavy atom. The van der Waals surface area contributed by atoms with Gasteiger partial charge in [-0.1, -0.05) is 82.8 Å². The number of thioether (sulfide) groups is 1. The molecule has 0 aliphatic rings. The van der Waals surface area contributed by atoms with Crippen molar-refractivity contribution in [1.29, 1.82) is 0 Å². The van der Waals surface area contributed by atoms with Gasteiger partial charge in [-0.05, 0) is 66.2 Å². The normalized spacial score (nSPS) is 11.1. The maximum Gasteiger partial charge on any atom is 0.272 e. The summed E-state index contributed by atoms with van der Waals surface area (Å²) in [5.41, 5.74) is 1.72. The molecule has 41 heavy (non-hydrogen) atoms. The maximum absolute atomic E-state index is 13.3. The number of hydrogen-bond acceptors (Lipinski definition) is 4. The summed E-state index contributed by atoms with van der Waals surface area (Å²) < 4.78 is 0. The topological polar surface area (TPSA) is 87.3 Å². The van der Waals surface area contributed by atoms with Crippen LogP contribution in [0.3, 0.4) is 0 Å². The Balaban J connectivity index is 1.48. The third-order valence-corrected chi connectivity index (χ3v) is 7.85. The Labute approximate surface area is 261 Å². The zero-order chi connectivity index (χ0) is 29.4. The molecule has 0 spiro atoms. The first-order valence-electron chi connectivity index (χ1n) is 12.0. The van der Waals surface area contributed by atoms with Crippen LogP contribution in [0, 0.1) is 0 Å². The minimum atomic E-state index is -0.573. The molecule has 0 fully saturated rings. The summed E-state index contributed by atoms with van der Waals surface area (Å²) in [6.07, 6.45) is 1.47. The Morgan fingerprint density at radius 3 is 2.27 bits per heavy atom. The molecule has 0 saturated heterocycles. The molecule has 6 nitrogen and oxygen atoms in total. The van der Waals surface area contributed by atoms with E-state index in [2.05, 4.69) is 16.0 Å². The summed E-state index contributed by atoms with van der Waals surface area (Å²) in [5.74, 6) is -1.22. The quantitative estimate of drug-likeness (QED) is 0.126. The standard InChI is InChI=1S/C30H21Cl4N3O3S/c31-20-13-12-19(24(33)15-20)14-26(37-29(39)18-6-2-1-3-7-18)30(40)35-21-8-4-9-22(16-21)41-17-27(38)36-25-11-5-10-23(32)28(25)34/h1-16H,17H2,(H,35,40)(H,36,38)(H,37,39)/b26-14+. The number of anilines is 2. The average Bonchev–Trinajstić information content (AvgIpc) is 2.96. The highest BCUT2D eigenvalue weighted by atomic mass is 35.5. The van der Waals surface area contributed by atoms with E-state index in [1.54, 1.807) is 91.0 Å². The van der Waals surface area contributed by atoms with Crippen LogP contribution < -0.4 is 16.0 Å². The number of hydrogen-bond donors (Lipinski definition) is 3. The predicted octanol–water partition coefficient (Wildman–Crippen LogP) is 8.44. The van der Waals surface area contributed by atoms with Crippen molar-refractivity contribution in [3.05, 3.63) is 128 Å². The molecule has 3 N–H and O–H groups in total. The van der Waals surface area contributed by atoms with Gasteiger partial charge in [-0.3, -0.25) is 14.4 Å². The van der Waals surface area contributed by atoms with Gasteiger partial charge in [-0.25, -0.2) is 0 Å². The molecule has 0 radical (unpaired) electrons. The van der Waals surface area contributed by atoms with Crippen LogP contribution in [-0.4, -0.2) is 23.5 Å². The largest absolute Gasteiger partial charge is 0.324 e. The van der Waals surface area contributed by atoms with Gasteiger partial charge in [0.05, 0.1) is 21.5 Å². The summed E-state index contributed by atoms with van der Waals surface area (Å²) in [7, 11) is 0. The SMILES string of the molecule is O=C(CSc1cccc(NC(=O)/C(=C\c2ccc(Cl)cc2Cl)NC(=O)c2ccccc2)c1)Nc1cccc(Cl)c1Cl. The minimum absolute atomic E-state index is 0.0288. The highest BCUT2D eigenvalue weighted by Crippen LogP contribution is 2.30. The van der Waals surface area contributed by atoms with Crippen LogP contribution in [0.1, 0.15) is 15.9 Å². The smallest absolute Gasteiger partial charge is 0.272 e. The van der Waals surface area contributed by atoms with E-state index >= 15 is 0 Å². The predicted molar refractivity (Wildman–Crippen MR) is 169 cm³/mol. The lowest BCUT2D eigenvalue weighted by molar-refractivity contribution is -0.114. The molecule has 4 rings (SSSR count). The maximum atomic E-state index is 13.3. The van der Waals surface area contributed by atoms with E-state index in [9.17, 15) is 14.4 Å². The Hall–Kier alpha value is -3.46. The van der Waals surface area contributed by atoms with Gasteiger partial charge in [-0.15, -0.1) is 11.8 Å². The van der Waals surface area contributed by atoms with Gasteiger partial charge in [0.2, 0.25) is 5.91 Å². The van der Waals surface area contributed by atoms with Gasteiger partial charge in [0.25, 0.3) is 11.8 Å². The third-order valence-electron chi connectivity index (χ3n) is 5.48. The van der Waals surface area contributed by atoms with E-state index in [1.807, 2.05) is 0 Å². The second kappa shape index (κ2) is 14.4. The molecule has 0 atom stereocenters. The number of benzene rings is 4. The fourth-order valence-electron chi connectivity index (χ4n) is 3.51. The van der Waals surface area contributed by atoms with Crippen LogP contribution in [0.2, 0.25) is 20.1 Å². The fraction of sp³-hybridized carbons (Fsp3) is 0.0333. The number of carbonyl (C=O) groups is 3. The molecule has 0 heterocycles. The Kier molecular flexibility index (Phi) is 10.7. The fourth-order valence-corrected chi connectivity index (χ4v) is 5.08. The summed E-state index contributed by atoms with van der Waals surface area (Å²) >= 11 is 25.7. The van der Waals surface area contributed by atoms with Crippen LogP contribution in [0.15, 0.2) is 102 Å². The van der Waals surface area contributed by atoms with Crippen molar-refractivity contribution in [1.82, 2.24) is 5.32 Å². The molecule has 0 unspecified atom stereocenters. The van der Waals surface area contributed by atoms with Crippen molar-refractivity contribution in [3.8, 4) is 0 Å². The van der Waals surface area contributed by atoms with Crippen LogP contribution >= 0.6 is 58.2 Å². The van der Waals surface area contributed by atoms with Gasteiger partial charge in [0.1, 0.15) is 5.70 Å². The second-order valence-electron chi connectivity index (χ2n) is 8.46. The van der Waals surface area contributed by atoms with Crippen LogP contribution in [0.5, 0.6) is 0 Å². The third kappa shape index (κ3) is 8.76. The number of halogens is 4. The van der Waals surface area contributed by atoms with Gasteiger partial charge < -0.3 is 16.0 Å². The molecular formula is C30H21Cl4N3O3S. The van der Waals surface area contributed by atoms with Gasteiger partial charge in [0, 0.05) is 26.2 Å². The van der Waals surface area contributed by atoms with Crippen LogP contribution in [-0.2, 0) is 9.59 Å². The van der Waals surface area contributed by atoms with Crippen molar-refractivity contribution >= 4 is 93.3 Å². The molecule has 4 aromatic carbocycles. The van der Waals surface area contributed by atoms with Crippen LogP contribution in [0.25, 0.3) is 6.08 Å². The van der Waals surface area contributed by atoms with E-state index < -0.39 is 11.8 Å². The van der Waals surface area contributed by atoms with E-state index in [1.165, 1.54) is 17.8 Å². The molecule has 0 bridgehead atoms. The first-order valence-corrected chi connectivity index (χ1v) is 14.5. The van der Waals surface area contributed by atoms with E-state index in [4.69, 9.17) is 46.4 Å². The van der Waals surface area contributed by atoms with Crippen LogP contribution in [0.4, 0.5) is 11.4 Å². The minimum Gasteiger partial charge on any atom is -0.324 e. The molecule has 0 aliphatic carbocycles. The summed E-state index contributed by atoms with van der Waals surface area (Å²) in [4.78, 5) is 39.4. The van der Waals surface area contributed by atoms with Crippen molar-refractivity contribution in [2.24, 2.45) is 0 Å². The van der Waals surface area contributed by atoms with Gasteiger partial charge in [-0.2, -0.15) is 0 Å². The summed E-state index contributed by atoms with van der Waals surface area (Å²) in [5, 5.41) is 9.55. The molecule has 0 aliphatic heterocycles. The lowest BCUT2D eigenvalue weighted by Crippen LogP contribution is -2.30. The van der Waals surface area contributed by atoms with Crippen molar-refractivity contribution in [3.63, 3.8) is 0 Å². The number of amides is 3. The Bertz CT molecular complexity index is 1630. The lowest BCUT2D eigenvalue weighted by atomic mass is 10.1. The second-order valence-corrected chi connectivity index (χ2v) is 11.1. The number of carbonyl (C=O) groups excluding carboxylic acids is 3. The highest BCUT2D eigenvalue weighted by molar-refractivity contribution is 8.00. The number of nitrogens with one attached hydrogen (secondary N) is 3. The highest BCUT2D eigenvalue weighted by Gasteiger charge is 2.16. The summed E-state index contributed by atoms with van der Waals surface area (Å²) in [6, 6.07) is 25.3. The first-order chi connectivity index (χ1) is 19.7. The number of rotatable bonds is 9. The van der Waals surface area contributed by atoms with E-state index in [-0.39, 0.29) is 22.4 Å². The van der Waals surface area contributed by atoms with Crippen molar-refractivity contribution in [2.75, 3.05) is 16.4 Å². The molecule has 4 aromatic rings. The van der Waals surface area contributed by atoms with Crippen molar-refractivity contribution < 1.29 is 14.4 Å². The zero-order valence-electron chi connectivity index (χ0n) is 21.1. The van der Waals surface area contributed by atoms with Gasteiger partial charge >= 0.3 is 0 Å². The van der Waals surface area contributed by atoms with Crippen molar-refractivity contribution in [2.45, 2.75) is 4.90 Å². The summed E-state index contributed by atoms with van der Waals surface area (Å²) in [6.45, 7) is 0. The first kappa shape index (κ1) is 30.5. The van der Waals surface area contributed by atoms with Gasteiger partial charge in [0.15, 0.2) is 0 Å². The average molecular weight is 645 g/mol. The monoisotopic (exact) mass is 643 g/mol. The molecule has 3 amide bonds. The lowest BCUT2D eigenvalue weighted by Gasteiger charge is -2.13. The zero-order valence-corrected chi connectivity index (χ0v) is 24.9. The van der Waals surface area contributed by atoms with E-state index in [0.717, 1.165) is 4.90 Å². The molecule has 0 aromatic heterocycles. The molecule has 208 valence electrons.